The van der Waals surface area contributed by atoms with Gasteiger partial charge in [-0.05, 0) is 41.3 Å². The van der Waals surface area contributed by atoms with E-state index in [1.54, 1.807) is 30.3 Å². The Hall–Kier alpha value is -2.61. The lowest BCUT2D eigenvalue weighted by Gasteiger charge is -2.32. The molecule has 2 aliphatic rings. The number of para-hydroxylation sites is 1. The van der Waals surface area contributed by atoms with Crippen molar-refractivity contribution in [2.75, 3.05) is 24.4 Å². The van der Waals surface area contributed by atoms with E-state index in [0.29, 0.717) is 17.5 Å². The summed E-state index contributed by atoms with van der Waals surface area (Å²) in [6, 6.07) is 11.1. The molecule has 2 aliphatic heterocycles. The second-order valence-corrected chi connectivity index (χ2v) is 11.4. The first-order valence-electron chi connectivity index (χ1n) is 11.3. The van der Waals surface area contributed by atoms with Crippen molar-refractivity contribution in [2.45, 2.75) is 36.8 Å². The molecule has 0 amide bonds. The lowest BCUT2D eigenvalue weighted by molar-refractivity contribution is -0.338. The molecule has 0 spiro atoms. The van der Waals surface area contributed by atoms with E-state index in [4.69, 9.17) is 11.6 Å². The Balaban J connectivity index is 1.77. The van der Waals surface area contributed by atoms with Crippen LogP contribution in [0.25, 0.3) is 5.57 Å². The Morgan fingerprint density at radius 1 is 1.03 bits per heavy atom. The third kappa shape index (κ3) is 5.16. The minimum atomic E-state index is -6.08. The summed E-state index contributed by atoms with van der Waals surface area (Å²) < 4.78 is 107. The van der Waals surface area contributed by atoms with E-state index in [-0.39, 0.29) is 23.8 Å². The molecule has 0 aromatic heterocycles. The van der Waals surface area contributed by atoms with Crippen molar-refractivity contribution < 1.29 is 39.9 Å². The number of nitrogens with zero attached hydrogens (tertiary/aromatic N) is 3. The average Bonchev–Trinajstić information content (AvgIpc) is 3.27. The molecule has 1 N–H and O–H groups in total. The number of halogens is 7. The van der Waals surface area contributed by atoms with Gasteiger partial charge in [-0.2, -0.15) is 35.7 Å². The van der Waals surface area contributed by atoms with E-state index < -0.39 is 46.2 Å². The van der Waals surface area contributed by atoms with Gasteiger partial charge in [-0.3, -0.25) is 5.01 Å². The van der Waals surface area contributed by atoms with Crippen LogP contribution >= 0.6 is 11.6 Å². The van der Waals surface area contributed by atoms with Crippen LogP contribution in [0.4, 0.5) is 32.0 Å². The van der Waals surface area contributed by atoms with E-state index in [1.165, 1.54) is 28.6 Å². The molecule has 2 aromatic carbocycles. The van der Waals surface area contributed by atoms with Crippen molar-refractivity contribution in [3.8, 4) is 0 Å². The molecule has 0 saturated heterocycles. The topological polar surface area (TPSA) is 73.2 Å². The first-order valence-corrected chi connectivity index (χ1v) is 13.5. The molecular weight excluding hydrogens is 560 g/mol. The van der Waals surface area contributed by atoms with Crippen LogP contribution in [0.15, 0.2) is 59.7 Å². The zero-order chi connectivity index (χ0) is 28.1. The molecule has 2 aromatic rings. The lowest BCUT2D eigenvalue weighted by Crippen LogP contribution is -2.62. The maximum atomic E-state index is 13.7. The monoisotopic (exact) mass is 581 g/mol. The van der Waals surface area contributed by atoms with Crippen LogP contribution < -0.4 is 5.01 Å². The lowest BCUT2D eigenvalue weighted by atomic mass is 9.88. The number of sulfonamides is 1. The SMILES string of the molecule is CS(=O)(=O)N1CC=C(c2cccc(C3CC(C(O)(C(F)(F)F)C(F)(F)F)=NN3c3ccccc3Cl)c2)CC1. The Morgan fingerprint density at radius 3 is 2.24 bits per heavy atom. The predicted molar refractivity (Wildman–Crippen MR) is 131 cm³/mol. The number of hydrazone groups is 1. The number of alkyl halides is 6. The van der Waals surface area contributed by atoms with Crippen LogP contribution in [0.5, 0.6) is 0 Å². The predicted octanol–water partition coefficient (Wildman–Crippen LogP) is 5.55. The van der Waals surface area contributed by atoms with Gasteiger partial charge in [0, 0.05) is 19.5 Å². The van der Waals surface area contributed by atoms with Crippen molar-refractivity contribution in [3.63, 3.8) is 0 Å². The molecule has 206 valence electrons. The molecule has 1 atom stereocenters. The summed E-state index contributed by atoms with van der Waals surface area (Å²) in [5.41, 5.74) is -4.87. The van der Waals surface area contributed by atoms with Crippen molar-refractivity contribution >= 4 is 38.6 Å². The number of benzene rings is 2. The summed E-state index contributed by atoms with van der Waals surface area (Å²) in [6.07, 6.45) is -9.88. The largest absolute Gasteiger partial charge is 0.431 e. The first-order chi connectivity index (χ1) is 17.5. The summed E-state index contributed by atoms with van der Waals surface area (Å²) in [5.74, 6) is 0. The molecule has 6 nitrogen and oxygen atoms in total. The molecule has 4 rings (SSSR count). The van der Waals surface area contributed by atoms with Crippen molar-refractivity contribution in [1.29, 1.82) is 0 Å². The van der Waals surface area contributed by atoms with Gasteiger partial charge in [-0.25, -0.2) is 8.42 Å². The highest BCUT2D eigenvalue weighted by atomic mass is 35.5. The van der Waals surface area contributed by atoms with Gasteiger partial charge < -0.3 is 5.11 Å². The molecular formula is C24H22ClF6N3O3S. The average molecular weight is 582 g/mol. The van der Waals surface area contributed by atoms with Gasteiger partial charge in [-0.1, -0.05) is 48.0 Å². The second-order valence-electron chi connectivity index (χ2n) is 8.99. The minimum Gasteiger partial charge on any atom is -0.369 e. The van der Waals surface area contributed by atoms with Crippen LogP contribution in [0.2, 0.25) is 5.02 Å². The van der Waals surface area contributed by atoms with Gasteiger partial charge in [0.15, 0.2) is 0 Å². The normalized spacial score (nSPS) is 19.9. The Labute approximate surface area is 219 Å². The standard InChI is InChI=1S/C24H22ClF6N3O3S/c1-38(36,37)33-11-9-15(10-12-33)16-5-4-6-17(13-16)20-14-21(22(35,23(26,27)28)24(29,30)31)32-34(20)19-8-3-2-7-18(19)25/h2-9,13,20,35H,10-12,14H2,1H3. The molecule has 0 aliphatic carbocycles. The molecule has 0 bridgehead atoms. The van der Waals surface area contributed by atoms with E-state index >= 15 is 0 Å². The van der Waals surface area contributed by atoms with Gasteiger partial charge in [0.2, 0.25) is 10.0 Å². The van der Waals surface area contributed by atoms with E-state index in [9.17, 15) is 39.9 Å². The number of hydrogen-bond donors (Lipinski definition) is 1. The van der Waals surface area contributed by atoms with Gasteiger partial charge in [0.1, 0.15) is 0 Å². The number of anilines is 1. The highest BCUT2D eigenvalue weighted by Crippen LogP contribution is 2.49. The number of aliphatic hydroxyl groups is 1. The molecule has 0 radical (unpaired) electrons. The van der Waals surface area contributed by atoms with Gasteiger partial charge in [-0.15, -0.1) is 0 Å². The summed E-state index contributed by atoms with van der Waals surface area (Å²) in [4.78, 5) is 0. The van der Waals surface area contributed by atoms with Gasteiger partial charge in [0.05, 0.1) is 28.7 Å². The minimum absolute atomic E-state index is 0.0390. The van der Waals surface area contributed by atoms with Crippen LogP contribution in [0.3, 0.4) is 0 Å². The number of rotatable bonds is 5. The summed E-state index contributed by atoms with van der Waals surface area (Å²) in [7, 11) is -3.39. The molecule has 38 heavy (non-hydrogen) atoms. The summed E-state index contributed by atoms with van der Waals surface area (Å²) >= 11 is 6.22. The molecule has 1 unspecified atom stereocenters. The third-order valence-electron chi connectivity index (χ3n) is 6.53. The van der Waals surface area contributed by atoms with E-state index in [0.717, 1.165) is 16.8 Å². The first kappa shape index (κ1) is 28.4. The van der Waals surface area contributed by atoms with Crippen LogP contribution in [-0.2, 0) is 10.0 Å². The van der Waals surface area contributed by atoms with Crippen LogP contribution in [0.1, 0.15) is 30.0 Å². The Kier molecular flexibility index (Phi) is 7.36. The smallest absolute Gasteiger partial charge is 0.369 e. The van der Waals surface area contributed by atoms with Gasteiger partial charge >= 0.3 is 12.4 Å². The maximum Gasteiger partial charge on any atom is 0.431 e. The van der Waals surface area contributed by atoms with Crippen molar-refractivity contribution in [1.82, 2.24) is 4.31 Å². The Morgan fingerprint density at radius 2 is 1.68 bits per heavy atom. The zero-order valence-electron chi connectivity index (χ0n) is 19.8. The molecule has 0 fully saturated rings. The number of hydrogen-bond acceptors (Lipinski definition) is 5. The van der Waals surface area contributed by atoms with E-state index in [2.05, 4.69) is 5.10 Å². The second kappa shape index (κ2) is 9.85. The highest BCUT2D eigenvalue weighted by molar-refractivity contribution is 7.88. The fourth-order valence-electron chi connectivity index (χ4n) is 4.50. The third-order valence-corrected chi connectivity index (χ3v) is 8.12. The summed E-state index contributed by atoms with van der Waals surface area (Å²) in [6.45, 7) is 0.354. The van der Waals surface area contributed by atoms with Gasteiger partial charge in [0.25, 0.3) is 5.60 Å². The maximum absolute atomic E-state index is 13.7. The summed E-state index contributed by atoms with van der Waals surface area (Å²) in [5, 5.41) is 14.7. The zero-order valence-corrected chi connectivity index (χ0v) is 21.3. The Bertz CT molecular complexity index is 1380. The fourth-order valence-corrected chi connectivity index (χ4v) is 5.49. The van der Waals surface area contributed by atoms with Crippen LogP contribution in [-0.4, -0.2) is 60.8 Å². The van der Waals surface area contributed by atoms with Crippen molar-refractivity contribution in [2.24, 2.45) is 5.10 Å². The van der Waals surface area contributed by atoms with E-state index in [1.807, 2.05) is 0 Å². The molecule has 14 heteroatoms. The molecule has 0 saturated carbocycles. The van der Waals surface area contributed by atoms with Crippen molar-refractivity contribution in [3.05, 3.63) is 70.8 Å². The quantitative estimate of drug-likeness (QED) is 0.470. The highest BCUT2D eigenvalue weighted by Gasteiger charge is 2.74. The van der Waals surface area contributed by atoms with Crippen LogP contribution in [0, 0.1) is 0 Å². The molecule has 2 heterocycles. The fraction of sp³-hybridized carbons (Fsp3) is 0.375.